The van der Waals surface area contributed by atoms with Crippen molar-refractivity contribution in [1.29, 1.82) is 0 Å². The van der Waals surface area contributed by atoms with Crippen molar-refractivity contribution >= 4 is 5.97 Å². The predicted molar refractivity (Wildman–Crippen MR) is 77.3 cm³/mol. The van der Waals surface area contributed by atoms with Gasteiger partial charge in [0.2, 0.25) is 0 Å². The summed E-state index contributed by atoms with van der Waals surface area (Å²) in [5, 5.41) is 3.24. The van der Waals surface area contributed by atoms with E-state index in [1.54, 1.807) is 7.11 Å². The maximum absolute atomic E-state index is 11.7. The fourth-order valence-electron chi connectivity index (χ4n) is 2.10. The number of likely N-dealkylation sites (N-methyl/N-ethyl adjacent to an activating group) is 1. The molecule has 0 spiro atoms. The van der Waals surface area contributed by atoms with Gasteiger partial charge in [0, 0.05) is 19.7 Å². The number of carbonyl (C=O) groups excluding carboxylic acids is 1. The first-order valence-corrected chi connectivity index (χ1v) is 7.14. The van der Waals surface area contributed by atoms with Crippen LogP contribution in [0, 0.1) is 0 Å². The second-order valence-corrected chi connectivity index (χ2v) is 4.75. The molecule has 0 heterocycles. The average molecular weight is 274 g/mol. The molecule has 0 saturated carbocycles. The standard InChI is InChI=1S/C14H30N2O3/c1-6-9-15-13(14(17)19-5)8-10-16(7-2)12(3)11-18-4/h12-13,15H,6-11H2,1-5H3. The van der Waals surface area contributed by atoms with Gasteiger partial charge in [0.1, 0.15) is 6.04 Å². The summed E-state index contributed by atoms with van der Waals surface area (Å²) in [5.74, 6) is -0.177. The molecule has 5 nitrogen and oxygen atoms in total. The highest BCUT2D eigenvalue weighted by Crippen LogP contribution is 2.04. The Bertz CT molecular complexity index is 237. The lowest BCUT2D eigenvalue weighted by molar-refractivity contribution is -0.143. The second kappa shape index (κ2) is 11.2. The molecule has 0 aromatic rings. The molecule has 0 radical (unpaired) electrons. The van der Waals surface area contributed by atoms with E-state index in [0.717, 1.165) is 32.5 Å². The zero-order valence-electron chi connectivity index (χ0n) is 13.1. The van der Waals surface area contributed by atoms with Crippen LogP contribution >= 0.6 is 0 Å². The van der Waals surface area contributed by atoms with Crippen molar-refractivity contribution in [2.24, 2.45) is 0 Å². The number of hydrogen-bond donors (Lipinski definition) is 1. The van der Waals surface area contributed by atoms with Crippen molar-refractivity contribution in [3.8, 4) is 0 Å². The Morgan fingerprint density at radius 2 is 2.00 bits per heavy atom. The lowest BCUT2D eigenvalue weighted by Gasteiger charge is -2.28. The molecule has 2 atom stereocenters. The molecule has 5 heteroatoms. The van der Waals surface area contributed by atoms with Crippen molar-refractivity contribution in [2.75, 3.05) is 40.5 Å². The zero-order chi connectivity index (χ0) is 14.7. The summed E-state index contributed by atoms with van der Waals surface area (Å²) in [7, 11) is 3.15. The van der Waals surface area contributed by atoms with Gasteiger partial charge in [0.25, 0.3) is 0 Å². The molecule has 1 N–H and O–H groups in total. The van der Waals surface area contributed by atoms with E-state index in [1.165, 1.54) is 7.11 Å². The summed E-state index contributed by atoms with van der Waals surface area (Å²) in [6.45, 7) is 9.70. The number of rotatable bonds is 11. The van der Waals surface area contributed by atoms with Crippen LogP contribution in [-0.4, -0.2) is 63.4 Å². The van der Waals surface area contributed by atoms with E-state index < -0.39 is 0 Å². The van der Waals surface area contributed by atoms with Crippen LogP contribution in [0.15, 0.2) is 0 Å². The van der Waals surface area contributed by atoms with Crippen LogP contribution in [0.5, 0.6) is 0 Å². The highest BCUT2D eigenvalue weighted by molar-refractivity contribution is 5.75. The normalized spacial score (nSPS) is 14.4. The van der Waals surface area contributed by atoms with E-state index in [9.17, 15) is 4.79 Å². The van der Waals surface area contributed by atoms with Crippen molar-refractivity contribution in [2.45, 2.75) is 45.7 Å². The fourth-order valence-corrected chi connectivity index (χ4v) is 2.10. The molecule has 0 amide bonds. The van der Waals surface area contributed by atoms with E-state index in [1.807, 2.05) is 0 Å². The summed E-state index contributed by atoms with van der Waals surface area (Å²) < 4.78 is 10.0. The highest BCUT2D eigenvalue weighted by Gasteiger charge is 2.20. The van der Waals surface area contributed by atoms with Crippen LogP contribution in [-0.2, 0) is 14.3 Å². The molecular formula is C14H30N2O3. The first-order valence-electron chi connectivity index (χ1n) is 7.14. The third-order valence-electron chi connectivity index (χ3n) is 3.27. The molecule has 0 saturated heterocycles. The minimum atomic E-state index is -0.214. The fraction of sp³-hybridized carbons (Fsp3) is 0.929. The van der Waals surface area contributed by atoms with E-state index in [4.69, 9.17) is 9.47 Å². The van der Waals surface area contributed by atoms with Crippen LogP contribution in [0.1, 0.15) is 33.6 Å². The summed E-state index contributed by atoms with van der Waals surface area (Å²) in [5.41, 5.74) is 0. The van der Waals surface area contributed by atoms with Crippen LogP contribution < -0.4 is 5.32 Å². The quantitative estimate of drug-likeness (QED) is 0.575. The van der Waals surface area contributed by atoms with Gasteiger partial charge in [-0.05, 0) is 32.9 Å². The highest BCUT2D eigenvalue weighted by atomic mass is 16.5. The Morgan fingerprint density at radius 3 is 2.47 bits per heavy atom. The van der Waals surface area contributed by atoms with Crippen LogP contribution in [0.4, 0.5) is 0 Å². The predicted octanol–water partition coefficient (Wildman–Crippen LogP) is 1.27. The molecular weight excluding hydrogens is 244 g/mol. The summed E-state index contributed by atoms with van der Waals surface area (Å²) >= 11 is 0. The Balaban J connectivity index is 4.29. The maximum Gasteiger partial charge on any atom is 0.322 e. The van der Waals surface area contributed by atoms with Gasteiger partial charge in [-0.3, -0.25) is 9.69 Å². The minimum Gasteiger partial charge on any atom is -0.468 e. The van der Waals surface area contributed by atoms with E-state index in [2.05, 4.69) is 31.0 Å². The monoisotopic (exact) mass is 274 g/mol. The zero-order valence-corrected chi connectivity index (χ0v) is 13.1. The second-order valence-electron chi connectivity index (χ2n) is 4.75. The third-order valence-corrected chi connectivity index (χ3v) is 3.27. The van der Waals surface area contributed by atoms with E-state index >= 15 is 0 Å². The van der Waals surface area contributed by atoms with Crippen molar-refractivity contribution in [3.05, 3.63) is 0 Å². The number of hydrogen-bond acceptors (Lipinski definition) is 5. The topological polar surface area (TPSA) is 50.8 Å². The lowest BCUT2D eigenvalue weighted by atomic mass is 10.1. The summed E-state index contributed by atoms with van der Waals surface area (Å²) in [4.78, 5) is 14.0. The van der Waals surface area contributed by atoms with Gasteiger partial charge in [-0.25, -0.2) is 0 Å². The molecule has 0 aliphatic rings. The molecule has 0 aliphatic carbocycles. The van der Waals surface area contributed by atoms with Gasteiger partial charge in [-0.2, -0.15) is 0 Å². The number of ether oxygens (including phenoxy) is 2. The molecule has 0 bridgehead atoms. The molecule has 2 unspecified atom stereocenters. The Morgan fingerprint density at radius 1 is 1.32 bits per heavy atom. The smallest absolute Gasteiger partial charge is 0.322 e. The van der Waals surface area contributed by atoms with E-state index in [-0.39, 0.29) is 12.0 Å². The average Bonchev–Trinajstić information content (AvgIpc) is 2.42. The van der Waals surface area contributed by atoms with Gasteiger partial charge in [-0.1, -0.05) is 13.8 Å². The largest absolute Gasteiger partial charge is 0.468 e. The molecule has 0 rings (SSSR count). The Hall–Kier alpha value is -0.650. The van der Waals surface area contributed by atoms with Gasteiger partial charge in [0.15, 0.2) is 0 Å². The minimum absolute atomic E-state index is 0.177. The molecule has 0 fully saturated rings. The van der Waals surface area contributed by atoms with Crippen LogP contribution in [0.2, 0.25) is 0 Å². The Kier molecular flexibility index (Phi) is 10.8. The molecule has 114 valence electrons. The molecule has 0 aromatic heterocycles. The molecule has 0 aromatic carbocycles. The van der Waals surface area contributed by atoms with Crippen LogP contribution in [0.25, 0.3) is 0 Å². The third kappa shape index (κ3) is 7.50. The van der Waals surface area contributed by atoms with Gasteiger partial charge >= 0.3 is 5.97 Å². The Labute approximate surface area is 117 Å². The number of carbonyl (C=O) groups is 1. The summed E-state index contributed by atoms with van der Waals surface area (Å²) in [6, 6.07) is 0.146. The van der Waals surface area contributed by atoms with E-state index in [0.29, 0.717) is 12.6 Å². The lowest BCUT2D eigenvalue weighted by Crippen LogP contribution is -2.43. The van der Waals surface area contributed by atoms with Crippen LogP contribution in [0.3, 0.4) is 0 Å². The first kappa shape index (κ1) is 18.4. The number of nitrogens with zero attached hydrogens (tertiary/aromatic N) is 1. The summed E-state index contributed by atoms with van der Waals surface area (Å²) in [6.07, 6.45) is 1.76. The van der Waals surface area contributed by atoms with Gasteiger partial charge < -0.3 is 14.8 Å². The van der Waals surface area contributed by atoms with Gasteiger partial charge in [-0.15, -0.1) is 0 Å². The van der Waals surface area contributed by atoms with Crippen molar-refractivity contribution in [1.82, 2.24) is 10.2 Å². The number of esters is 1. The molecule has 0 aliphatic heterocycles. The van der Waals surface area contributed by atoms with Gasteiger partial charge in [0.05, 0.1) is 13.7 Å². The number of methoxy groups -OCH3 is 2. The van der Waals surface area contributed by atoms with Crippen molar-refractivity contribution in [3.63, 3.8) is 0 Å². The first-order chi connectivity index (χ1) is 9.10. The number of nitrogens with one attached hydrogen (secondary N) is 1. The van der Waals surface area contributed by atoms with Crippen molar-refractivity contribution < 1.29 is 14.3 Å². The molecule has 19 heavy (non-hydrogen) atoms. The maximum atomic E-state index is 11.7. The SMILES string of the molecule is CCCNC(CCN(CC)C(C)COC)C(=O)OC.